The number of aromatic nitrogens is 2. The monoisotopic (exact) mass is 466 g/mol. The van der Waals surface area contributed by atoms with Gasteiger partial charge in [0.15, 0.2) is 5.82 Å². The Bertz CT molecular complexity index is 1090. The molecule has 8 heteroatoms. The lowest BCUT2D eigenvalue weighted by atomic mass is 10.1. The van der Waals surface area contributed by atoms with Crippen molar-refractivity contribution in [2.45, 2.75) is 32.1 Å². The summed E-state index contributed by atoms with van der Waals surface area (Å²) in [6.45, 7) is 2.13. The first kappa shape index (κ1) is 23.0. The summed E-state index contributed by atoms with van der Waals surface area (Å²) in [5, 5.41) is 4.68. The molecule has 0 bridgehead atoms. The zero-order chi connectivity index (χ0) is 23.2. The Labute approximate surface area is 198 Å². The van der Waals surface area contributed by atoms with Crippen LogP contribution in [-0.4, -0.2) is 58.4 Å². The Morgan fingerprint density at radius 2 is 1.73 bits per heavy atom. The summed E-state index contributed by atoms with van der Waals surface area (Å²) in [7, 11) is 1.76. The van der Waals surface area contributed by atoms with Gasteiger partial charge in [0.25, 0.3) is 11.8 Å². The Morgan fingerprint density at radius 1 is 1.03 bits per heavy atom. The third-order valence-corrected chi connectivity index (χ3v) is 6.11. The van der Waals surface area contributed by atoms with E-state index in [1.807, 2.05) is 29.2 Å². The Hall–Kier alpha value is -3.19. The highest BCUT2D eigenvalue weighted by molar-refractivity contribution is 6.30. The molecule has 1 aliphatic rings. The number of halogens is 1. The summed E-state index contributed by atoms with van der Waals surface area (Å²) < 4.78 is 5.39. The minimum Gasteiger partial charge on any atom is -0.345 e. The van der Waals surface area contributed by atoms with Gasteiger partial charge in [0.1, 0.15) is 0 Å². The molecule has 3 aromatic rings. The van der Waals surface area contributed by atoms with Crippen molar-refractivity contribution in [1.29, 1.82) is 0 Å². The van der Waals surface area contributed by atoms with Crippen LogP contribution in [0.25, 0.3) is 11.5 Å². The second kappa shape index (κ2) is 10.6. The van der Waals surface area contributed by atoms with Gasteiger partial charge in [0.05, 0.1) is 6.42 Å². The van der Waals surface area contributed by atoms with Gasteiger partial charge in [-0.2, -0.15) is 4.98 Å². The fourth-order valence-corrected chi connectivity index (χ4v) is 3.94. The van der Waals surface area contributed by atoms with Gasteiger partial charge in [-0.25, -0.2) is 0 Å². The number of benzene rings is 2. The van der Waals surface area contributed by atoms with Crippen molar-refractivity contribution in [3.05, 3.63) is 70.5 Å². The number of rotatable bonds is 7. The van der Waals surface area contributed by atoms with Crippen molar-refractivity contribution in [2.75, 3.05) is 26.7 Å². The van der Waals surface area contributed by atoms with Crippen LogP contribution in [0.3, 0.4) is 0 Å². The first-order valence-corrected chi connectivity index (χ1v) is 11.6. The van der Waals surface area contributed by atoms with E-state index in [1.165, 1.54) is 6.42 Å². The number of likely N-dealkylation sites (tertiary alicyclic amines) is 1. The quantitative estimate of drug-likeness (QED) is 0.519. The molecule has 1 saturated heterocycles. The summed E-state index contributed by atoms with van der Waals surface area (Å²) in [5.41, 5.74) is 2.35. The van der Waals surface area contributed by atoms with E-state index >= 15 is 0 Å². The van der Waals surface area contributed by atoms with Gasteiger partial charge < -0.3 is 14.3 Å². The van der Waals surface area contributed by atoms with Crippen molar-refractivity contribution < 1.29 is 14.1 Å². The van der Waals surface area contributed by atoms with Crippen LogP contribution in [0.1, 0.15) is 41.0 Å². The first-order valence-electron chi connectivity index (χ1n) is 11.2. The third kappa shape index (κ3) is 5.99. The molecule has 0 spiro atoms. The fraction of sp³-hybridized carbons (Fsp3) is 0.360. The van der Waals surface area contributed by atoms with Crippen LogP contribution < -0.4 is 0 Å². The SMILES string of the molecule is CN(CCc1noc(-c2ccc(C(=O)N3CCCCC3)cc2)n1)C(=O)Cc1ccc(Cl)cc1. The van der Waals surface area contributed by atoms with E-state index in [1.54, 1.807) is 36.2 Å². The van der Waals surface area contributed by atoms with Crippen LogP contribution in [0.4, 0.5) is 0 Å². The molecular weight excluding hydrogens is 440 g/mol. The molecule has 1 aliphatic heterocycles. The molecule has 0 radical (unpaired) electrons. The lowest BCUT2D eigenvalue weighted by Crippen LogP contribution is -2.35. The number of carbonyl (C=O) groups is 2. The lowest BCUT2D eigenvalue weighted by Gasteiger charge is -2.26. The molecule has 1 aromatic heterocycles. The number of amides is 2. The van der Waals surface area contributed by atoms with Crippen molar-refractivity contribution >= 4 is 23.4 Å². The smallest absolute Gasteiger partial charge is 0.257 e. The van der Waals surface area contributed by atoms with Gasteiger partial charge in [0.2, 0.25) is 5.91 Å². The molecule has 33 heavy (non-hydrogen) atoms. The molecule has 0 aliphatic carbocycles. The highest BCUT2D eigenvalue weighted by Crippen LogP contribution is 2.20. The van der Waals surface area contributed by atoms with E-state index in [9.17, 15) is 9.59 Å². The van der Waals surface area contributed by atoms with Crippen LogP contribution in [0.5, 0.6) is 0 Å². The molecular formula is C25H27ClN4O3. The van der Waals surface area contributed by atoms with Gasteiger partial charge in [-0.1, -0.05) is 28.9 Å². The Morgan fingerprint density at radius 3 is 2.42 bits per heavy atom. The number of carbonyl (C=O) groups excluding carboxylic acids is 2. The van der Waals surface area contributed by atoms with Crippen LogP contribution in [0, 0.1) is 0 Å². The topological polar surface area (TPSA) is 79.5 Å². The molecule has 172 valence electrons. The summed E-state index contributed by atoms with van der Waals surface area (Å²) in [6.07, 6.45) is 4.12. The van der Waals surface area contributed by atoms with E-state index < -0.39 is 0 Å². The number of likely N-dealkylation sites (N-methyl/N-ethyl adjacent to an activating group) is 1. The molecule has 0 saturated carbocycles. The van der Waals surface area contributed by atoms with Crippen LogP contribution in [0.15, 0.2) is 53.1 Å². The zero-order valence-electron chi connectivity index (χ0n) is 18.7. The molecule has 2 heterocycles. The van der Waals surface area contributed by atoms with Gasteiger partial charge in [-0.15, -0.1) is 0 Å². The van der Waals surface area contributed by atoms with Crippen LogP contribution >= 0.6 is 11.6 Å². The average Bonchev–Trinajstić information content (AvgIpc) is 3.33. The maximum absolute atomic E-state index is 12.6. The average molecular weight is 467 g/mol. The van der Waals surface area contributed by atoms with E-state index in [-0.39, 0.29) is 11.8 Å². The molecule has 7 nitrogen and oxygen atoms in total. The number of hydrogen-bond donors (Lipinski definition) is 0. The van der Waals surface area contributed by atoms with Gasteiger partial charge in [0, 0.05) is 49.3 Å². The maximum atomic E-state index is 12.6. The highest BCUT2D eigenvalue weighted by Gasteiger charge is 2.19. The molecule has 0 N–H and O–H groups in total. The Kier molecular flexibility index (Phi) is 7.40. The minimum absolute atomic E-state index is 0.00926. The summed E-state index contributed by atoms with van der Waals surface area (Å²) in [6, 6.07) is 14.5. The minimum atomic E-state index is 0.00926. The van der Waals surface area contributed by atoms with E-state index in [0.29, 0.717) is 41.7 Å². The normalized spacial score (nSPS) is 13.7. The Balaban J connectivity index is 1.30. The van der Waals surface area contributed by atoms with E-state index in [0.717, 1.165) is 37.1 Å². The highest BCUT2D eigenvalue weighted by atomic mass is 35.5. The number of hydrogen-bond acceptors (Lipinski definition) is 5. The van der Waals surface area contributed by atoms with E-state index in [2.05, 4.69) is 10.1 Å². The van der Waals surface area contributed by atoms with Crippen molar-refractivity contribution in [1.82, 2.24) is 19.9 Å². The number of piperidine rings is 1. The third-order valence-electron chi connectivity index (χ3n) is 5.86. The molecule has 2 aromatic carbocycles. The largest absolute Gasteiger partial charge is 0.345 e. The van der Waals surface area contributed by atoms with Crippen LogP contribution in [0.2, 0.25) is 5.02 Å². The standard InChI is InChI=1S/C25H27ClN4O3/c1-29(23(31)17-18-5-11-21(26)12-6-18)16-13-22-27-24(33-28-22)19-7-9-20(10-8-19)25(32)30-14-3-2-4-15-30/h5-12H,2-4,13-17H2,1H3. The van der Waals surface area contributed by atoms with Crippen molar-refractivity contribution in [3.63, 3.8) is 0 Å². The molecule has 1 fully saturated rings. The van der Waals surface area contributed by atoms with Crippen LogP contribution in [-0.2, 0) is 17.6 Å². The summed E-state index contributed by atoms with van der Waals surface area (Å²) in [4.78, 5) is 33.1. The first-order chi connectivity index (χ1) is 16.0. The van der Waals surface area contributed by atoms with Gasteiger partial charge in [-0.05, 0) is 61.2 Å². The van der Waals surface area contributed by atoms with Gasteiger partial charge >= 0.3 is 0 Å². The molecule has 2 amide bonds. The molecule has 0 atom stereocenters. The van der Waals surface area contributed by atoms with E-state index in [4.69, 9.17) is 16.1 Å². The second-order valence-electron chi connectivity index (χ2n) is 8.31. The lowest BCUT2D eigenvalue weighted by molar-refractivity contribution is -0.129. The maximum Gasteiger partial charge on any atom is 0.257 e. The second-order valence-corrected chi connectivity index (χ2v) is 8.75. The van der Waals surface area contributed by atoms with Crippen molar-refractivity contribution in [3.8, 4) is 11.5 Å². The predicted octanol–water partition coefficient (Wildman–Crippen LogP) is 4.26. The van der Waals surface area contributed by atoms with Gasteiger partial charge in [-0.3, -0.25) is 9.59 Å². The predicted molar refractivity (Wildman–Crippen MR) is 126 cm³/mol. The zero-order valence-corrected chi connectivity index (χ0v) is 19.4. The van der Waals surface area contributed by atoms with Crippen molar-refractivity contribution in [2.24, 2.45) is 0 Å². The molecule has 0 unspecified atom stereocenters. The molecule has 4 rings (SSSR count). The fourth-order valence-electron chi connectivity index (χ4n) is 3.81. The summed E-state index contributed by atoms with van der Waals surface area (Å²) >= 11 is 5.89. The number of nitrogens with zero attached hydrogens (tertiary/aromatic N) is 4. The summed E-state index contributed by atoms with van der Waals surface area (Å²) in [5.74, 6) is 1.01.